The summed E-state index contributed by atoms with van der Waals surface area (Å²) in [5.41, 5.74) is 12.7. The molecule has 3 rings (SSSR count). The summed E-state index contributed by atoms with van der Waals surface area (Å²) in [6.45, 7) is 0. The topological polar surface area (TPSA) is 73.6 Å². The van der Waals surface area contributed by atoms with Gasteiger partial charge in [-0.05, 0) is 17.7 Å². The van der Waals surface area contributed by atoms with Crippen molar-refractivity contribution >= 4 is 11.7 Å². The number of ether oxygens (including phenoxy) is 1. The number of nitrogens with zero attached hydrogens (tertiary/aromatic N) is 1. The van der Waals surface area contributed by atoms with Crippen LogP contribution in [0.3, 0.4) is 0 Å². The van der Waals surface area contributed by atoms with E-state index < -0.39 is 18.1 Å². The van der Waals surface area contributed by atoms with Gasteiger partial charge in [0.1, 0.15) is 6.10 Å². The number of aliphatic imine (C=N–C) groups is 1. The van der Waals surface area contributed by atoms with Gasteiger partial charge < -0.3 is 16.2 Å². The minimum atomic E-state index is -2.71. The molecule has 1 aromatic rings. The molecule has 1 aliphatic carbocycles. The van der Waals surface area contributed by atoms with Crippen LogP contribution in [0, 0.1) is 5.92 Å². The first-order chi connectivity index (χ1) is 8.94. The molecular weight excluding hydrogens is 252 g/mol. The molecule has 1 saturated carbocycles. The summed E-state index contributed by atoms with van der Waals surface area (Å²) >= 11 is 0. The molecule has 3 unspecified atom stereocenters. The van der Waals surface area contributed by atoms with Crippen LogP contribution in [0.25, 0.3) is 0 Å². The Kier molecular flexibility index (Phi) is 2.62. The van der Waals surface area contributed by atoms with Gasteiger partial charge in [0.15, 0.2) is 0 Å². The first-order valence-electron chi connectivity index (χ1n) is 6.18. The lowest BCUT2D eigenvalue weighted by Crippen LogP contribution is -2.35. The van der Waals surface area contributed by atoms with Gasteiger partial charge in [-0.25, -0.2) is 13.8 Å². The minimum Gasteiger partial charge on any atom is -0.461 e. The van der Waals surface area contributed by atoms with E-state index in [0.717, 1.165) is 5.56 Å². The number of anilines is 1. The summed E-state index contributed by atoms with van der Waals surface area (Å²) in [7, 11) is 0. The summed E-state index contributed by atoms with van der Waals surface area (Å²) in [5.74, 6) is -3.07. The molecular formula is C13H15F2N3O. The van der Waals surface area contributed by atoms with E-state index in [1.165, 1.54) is 0 Å². The van der Waals surface area contributed by atoms with Crippen LogP contribution in [0.5, 0.6) is 0 Å². The second kappa shape index (κ2) is 4.08. The van der Waals surface area contributed by atoms with E-state index in [0.29, 0.717) is 5.69 Å². The maximum Gasteiger partial charge on any atom is 0.282 e. The molecule has 102 valence electrons. The molecule has 0 saturated heterocycles. The molecule has 3 atom stereocenters. The molecule has 6 heteroatoms. The second-order valence-corrected chi connectivity index (χ2v) is 5.17. The highest BCUT2D eigenvalue weighted by molar-refractivity contribution is 5.73. The molecule has 1 aromatic carbocycles. The molecule has 0 amide bonds. The number of hydrogen-bond donors (Lipinski definition) is 2. The first kappa shape index (κ1) is 12.2. The van der Waals surface area contributed by atoms with Crippen LogP contribution in [-0.4, -0.2) is 18.0 Å². The predicted octanol–water partition coefficient (Wildman–Crippen LogP) is 2.07. The Morgan fingerprint density at radius 3 is 2.79 bits per heavy atom. The lowest BCUT2D eigenvalue weighted by Gasteiger charge is -2.30. The van der Waals surface area contributed by atoms with Crippen LogP contribution in [0.1, 0.15) is 24.4 Å². The molecule has 1 heterocycles. The Labute approximate surface area is 109 Å². The van der Waals surface area contributed by atoms with Gasteiger partial charge in [0.05, 0.1) is 6.04 Å². The van der Waals surface area contributed by atoms with E-state index in [4.69, 9.17) is 16.2 Å². The van der Waals surface area contributed by atoms with Crippen molar-refractivity contribution in [1.29, 1.82) is 0 Å². The van der Waals surface area contributed by atoms with Gasteiger partial charge in [0, 0.05) is 24.4 Å². The Morgan fingerprint density at radius 1 is 1.26 bits per heavy atom. The first-order valence-corrected chi connectivity index (χ1v) is 6.18. The van der Waals surface area contributed by atoms with Crippen LogP contribution >= 0.6 is 0 Å². The Bertz CT molecular complexity index is 532. The van der Waals surface area contributed by atoms with E-state index >= 15 is 0 Å². The number of fused-ring (bicyclic) bond motifs is 1. The lowest BCUT2D eigenvalue weighted by atomic mass is 9.89. The third kappa shape index (κ3) is 2.22. The standard InChI is InChI=1S/C13H15F2N3O/c14-13(15)5-9-10(6-13)19-12(17)18-11(9)7-2-1-3-8(16)4-7/h1-4,9-11H,5-6,16H2,(H2,17,18). The molecule has 1 fully saturated rings. The lowest BCUT2D eigenvalue weighted by molar-refractivity contribution is -0.00249. The number of rotatable bonds is 1. The fourth-order valence-corrected chi connectivity index (χ4v) is 2.93. The number of nitrogen functional groups attached to an aromatic ring is 1. The van der Waals surface area contributed by atoms with E-state index in [1.807, 2.05) is 6.07 Å². The summed E-state index contributed by atoms with van der Waals surface area (Å²) in [5, 5.41) is 0. The van der Waals surface area contributed by atoms with Gasteiger partial charge in [-0.2, -0.15) is 0 Å². The summed E-state index contributed by atoms with van der Waals surface area (Å²) < 4.78 is 32.3. The molecule has 0 spiro atoms. The average Bonchev–Trinajstić information content (AvgIpc) is 2.62. The molecule has 4 nitrogen and oxygen atoms in total. The maximum atomic E-state index is 13.5. The van der Waals surface area contributed by atoms with Gasteiger partial charge in [0.2, 0.25) is 0 Å². The fraction of sp³-hybridized carbons (Fsp3) is 0.462. The number of halogens is 2. The van der Waals surface area contributed by atoms with Crippen molar-refractivity contribution in [1.82, 2.24) is 0 Å². The summed E-state index contributed by atoms with van der Waals surface area (Å²) in [6, 6.07) is 6.68. The summed E-state index contributed by atoms with van der Waals surface area (Å²) in [6.07, 6.45) is -1.10. The van der Waals surface area contributed by atoms with Gasteiger partial charge in [0.25, 0.3) is 11.9 Å². The van der Waals surface area contributed by atoms with Crippen molar-refractivity contribution < 1.29 is 13.5 Å². The van der Waals surface area contributed by atoms with Gasteiger partial charge >= 0.3 is 0 Å². The second-order valence-electron chi connectivity index (χ2n) is 5.17. The highest BCUT2D eigenvalue weighted by Gasteiger charge is 2.52. The number of hydrogen-bond acceptors (Lipinski definition) is 4. The van der Waals surface area contributed by atoms with Crippen LogP contribution in [0.15, 0.2) is 29.3 Å². The quantitative estimate of drug-likeness (QED) is 0.765. The molecule has 4 N–H and O–H groups in total. The fourth-order valence-electron chi connectivity index (χ4n) is 2.93. The minimum absolute atomic E-state index is 0.0219. The van der Waals surface area contributed by atoms with Crippen LogP contribution in [-0.2, 0) is 4.74 Å². The number of nitrogens with two attached hydrogens (primary N) is 2. The number of alkyl halides is 2. The zero-order valence-electron chi connectivity index (χ0n) is 10.2. The van der Waals surface area contributed by atoms with E-state index in [-0.39, 0.29) is 24.8 Å². The monoisotopic (exact) mass is 267 g/mol. The largest absolute Gasteiger partial charge is 0.461 e. The Morgan fingerprint density at radius 2 is 2.05 bits per heavy atom. The highest BCUT2D eigenvalue weighted by atomic mass is 19.3. The number of benzene rings is 1. The van der Waals surface area contributed by atoms with Crippen molar-refractivity contribution in [2.24, 2.45) is 16.6 Å². The van der Waals surface area contributed by atoms with Crippen molar-refractivity contribution in [3.05, 3.63) is 29.8 Å². The number of amidine groups is 1. The maximum absolute atomic E-state index is 13.5. The zero-order chi connectivity index (χ0) is 13.6. The van der Waals surface area contributed by atoms with Crippen molar-refractivity contribution in [2.75, 3.05) is 5.73 Å². The normalized spacial score (nSPS) is 32.3. The van der Waals surface area contributed by atoms with Crippen LogP contribution < -0.4 is 11.5 Å². The SMILES string of the molecule is NC1=NC(c2cccc(N)c2)C2CC(F)(F)CC2O1. The Hall–Kier alpha value is -1.85. The molecule has 19 heavy (non-hydrogen) atoms. The van der Waals surface area contributed by atoms with Crippen LogP contribution in [0.2, 0.25) is 0 Å². The van der Waals surface area contributed by atoms with Gasteiger partial charge in [-0.15, -0.1) is 0 Å². The van der Waals surface area contributed by atoms with E-state index in [1.54, 1.807) is 18.2 Å². The van der Waals surface area contributed by atoms with E-state index in [2.05, 4.69) is 4.99 Å². The van der Waals surface area contributed by atoms with Crippen molar-refractivity contribution in [3.8, 4) is 0 Å². The summed E-state index contributed by atoms with van der Waals surface area (Å²) in [4.78, 5) is 4.19. The predicted molar refractivity (Wildman–Crippen MR) is 67.8 cm³/mol. The average molecular weight is 267 g/mol. The van der Waals surface area contributed by atoms with E-state index in [9.17, 15) is 8.78 Å². The molecule has 1 aliphatic heterocycles. The third-order valence-corrected chi connectivity index (χ3v) is 3.71. The van der Waals surface area contributed by atoms with Crippen LogP contribution in [0.4, 0.5) is 14.5 Å². The van der Waals surface area contributed by atoms with Gasteiger partial charge in [-0.3, -0.25) is 0 Å². The zero-order valence-corrected chi connectivity index (χ0v) is 10.2. The third-order valence-electron chi connectivity index (χ3n) is 3.71. The van der Waals surface area contributed by atoms with Gasteiger partial charge in [-0.1, -0.05) is 12.1 Å². The van der Waals surface area contributed by atoms with Crippen molar-refractivity contribution in [2.45, 2.75) is 30.9 Å². The molecule has 0 aromatic heterocycles. The Balaban J connectivity index is 1.97. The molecule has 0 radical (unpaired) electrons. The highest BCUT2D eigenvalue weighted by Crippen LogP contribution is 2.49. The smallest absolute Gasteiger partial charge is 0.282 e. The van der Waals surface area contributed by atoms with Crippen molar-refractivity contribution in [3.63, 3.8) is 0 Å². The molecule has 2 aliphatic rings. The molecule has 0 bridgehead atoms.